The highest BCUT2D eigenvalue weighted by Crippen LogP contribution is 2.46. The third kappa shape index (κ3) is 4.61. The van der Waals surface area contributed by atoms with E-state index >= 15 is 0 Å². The van der Waals surface area contributed by atoms with Crippen molar-refractivity contribution in [3.63, 3.8) is 0 Å². The molecule has 0 spiro atoms. The third-order valence-electron chi connectivity index (χ3n) is 6.12. The lowest BCUT2D eigenvalue weighted by Gasteiger charge is -2.42. The predicted octanol–water partition coefficient (Wildman–Crippen LogP) is 7.10. The highest BCUT2D eigenvalue weighted by atomic mass is 19.4. The number of carbonyl (C=O) groups excluding carboxylic acids is 1. The summed E-state index contributed by atoms with van der Waals surface area (Å²) in [4.78, 5) is 11.1. The van der Waals surface area contributed by atoms with Crippen molar-refractivity contribution in [1.29, 1.82) is 0 Å². The molecule has 2 aromatic carbocycles. The average Bonchev–Trinajstić information content (AvgIpc) is 2.65. The Bertz CT molecular complexity index is 982. The molecule has 0 saturated carbocycles. The molecule has 1 aliphatic rings. The zero-order valence-electron chi connectivity index (χ0n) is 18.1. The van der Waals surface area contributed by atoms with E-state index in [1.807, 2.05) is 12.2 Å². The van der Waals surface area contributed by atoms with Crippen molar-refractivity contribution in [2.24, 2.45) is 0 Å². The van der Waals surface area contributed by atoms with E-state index in [9.17, 15) is 18.0 Å². The number of hydrogen-bond donors (Lipinski definition) is 1. The predicted molar refractivity (Wildman–Crippen MR) is 116 cm³/mol. The van der Waals surface area contributed by atoms with Crippen molar-refractivity contribution in [1.82, 2.24) is 0 Å². The number of benzene rings is 2. The van der Waals surface area contributed by atoms with Gasteiger partial charge in [-0.2, -0.15) is 13.2 Å². The van der Waals surface area contributed by atoms with Crippen LogP contribution in [0.15, 0.2) is 42.5 Å². The van der Waals surface area contributed by atoms with E-state index in [0.29, 0.717) is 0 Å². The molecular weight excluding hydrogens is 387 g/mol. The summed E-state index contributed by atoms with van der Waals surface area (Å²) in [6.07, 6.45) is -0.507. The summed E-state index contributed by atoms with van der Waals surface area (Å²) in [5, 5.41) is 1.87. The largest absolute Gasteiger partial charge is 0.471 e. The molecule has 2 aromatic rings. The van der Waals surface area contributed by atoms with E-state index in [-0.39, 0.29) is 16.5 Å². The van der Waals surface area contributed by atoms with Gasteiger partial charge in [-0.1, -0.05) is 64.1 Å². The standard InChI is InChI=1S/C25H28F3NO/c1-16(18-7-9-19(10-8-18)29-22(30)25(26,27)28)14-17-6-11-20-21(15-17)24(4,5)13-12-23(20,2)3/h6-11,14-15H,12-13H2,1-5H3,(H,29,30). The number of hydrogen-bond acceptors (Lipinski definition) is 1. The second kappa shape index (κ2) is 7.60. The van der Waals surface area contributed by atoms with Crippen molar-refractivity contribution in [3.8, 4) is 0 Å². The van der Waals surface area contributed by atoms with Gasteiger partial charge in [-0.15, -0.1) is 0 Å². The van der Waals surface area contributed by atoms with Gasteiger partial charge in [0.1, 0.15) is 0 Å². The summed E-state index contributed by atoms with van der Waals surface area (Å²) < 4.78 is 37.2. The molecule has 2 nitrogen and oxygen atoms in total. The molecule has 160 valence electrons. The summed E-state index contributed by atoms with van der Waals surface area (Å²) >= 11 is 0. The van der Waals surface area contributed by atoms with Crippen LogP contribution in [0.5, 0.6) is 0 Å². The molecule has 1 amide bonds. The van der Waals surface area contributed by atoms with Gasteiger partial charge in [-0.05, 0) is 70.6 Å². The minimum absolute atomic E-state index is 0.117. The molecule has 5 heteroatoms. The molecular formula is C25H28F3NO. The Morgan fingerprint density at radius 2 is 1.50 bits per heavy atom. The van der Waals surface area contributed by atoms with E-state index in [2.05, 4.69) is 52.0 Å². The number of anilines is 1. The summed E-state index contributed by atoms with van der Waals surface area (Å²) in [6, 6.07) is 13.0. The van der Waals surface area contributed by atoms with E-state index in [0.717, 1.165) is 23.1 Å². The zero-order valence-corrected chi connectivity index (χ0v) is 18.1. The molecule has 30 heavy (non-hydrogen) atoms. The molecule has 0 radical (unpaired) electrons. The van der Waals surface area contributed by atoms with Crippen LogP contribution >= 0.6 is 0 Å². The van der Waals surface area contributed by atoms with Crippen LogP contribution in [0.2, 0.25) is 0 Å². The Morgan fingerprint density at radius 3 is 2.07 bits per heavy atom. The maximum Gasteiger partial charge on any atom is 0.471 e. The second-order valence-electron chi connectivity index (χ2n) is 9.43. The Hall–Kier alpha value is -2.56. The highest BCUT2D eigenvalue weighted by Gasteiger charge is 2.39. The Balaban J connectivity index is 1.85. The van der Waals surface area contributed by atoms with E-state index < -0.39 is 12.1 Å². The highest BCUT2D eigenvalue weighted by molar-refractivity contribution is 5.95. The van der Waals surface area contributed by atoms with Crippen LogP contribution in [0.3, 0.4) is 0 Å². The van der Waals surface area contributed by atoms with E-state index in [1.165, 1.54) is 29.7 Å². The summed E-state index contributed by atoms with van der Waals surface area (Å²) in [7, 11) is 0. The number of alkyl halides is 3. The van der Waals surface area contributed by atoms with Crippen molar-refractivity contribution >= 4 is 23.2 Å². The normalized spacial score (nSPS) is 17.9. The Kier molecular flexibility index (Phi) is 5.61. The molecule has 0 bridgehead atoms. The summed E-state index contributed by atoms with van der Waals surface area (Å²) in [6.45, 7) is 11.1. The van der Waals surface area contributed by atoms with Gasteiger partial charge in [0.2, 0.25) is 0 Å². The van der Waals surface area contributed by atoms with Gasteiger partial charge in [0, 0.05) is 5.69 Å². The molecule has 3 rings (SSSR count). The lowest BCUT2D eigenvalue weighted by atomic mass is 9.63. The van der Waals surface area contributed by atoms with Crippen molar-refractivity contribution in [2.75, 3.05) is 5.32 Å². The van der Waals surface area contributed by atoms with E-state index in [4.69, 9.17) is 0 Å². The Morgan fingerprint density at radius 1 is 0.933 bits per heavy atom. The Labute approximate surface area is 176 Å². The summed E-state index contributed by atoms with van der Waals surface area (Å²) in [5.41, 5.74) is 6.18. The lowest BCUT2D eigenvalue weighted by molar-refractivity contribution is -0.167. The number of amides is 1. The molecule has 0 atom stereocenters. The number of carbonyl (C=O) groups is 1. The fourth-order valence-corrected chi connectivity index (χ4v) is 4.05. The maximum atomic E-state index is 12.4. The van der Waals surface area contributed by atoms with Crippen LogP contribution < -0.4 is 5.32 Å². The minimum atomic E-state index is -4.90. The fourth-order valence-electron chi connectivity index (χ4n) is 4.05. The smallest absolute Gasteiger partial charge is 0.318 e. The first-order valence-corrected chi connectivity index (χ1v) is 10.1. The average molecular weight is 415 g/mol. The first-order chi connectivity index (χ1) is 13.8. The number of fused-ring (bicyclic) bond motifs is 1. The second-order valence-corrected chi connectivity index (χ2v) is 9.43. The fraction of sp³-hybridized carbons (Fsp3) is 0.400. The topological polar surface area (TPSA) is 29.1 Å². The number of halogens is 3. The van der Waals surface area contributed by atoms with Crippen LogP contribution in [0.25, 0.3) is 11.6 Å². The molecule has 0 saturated heterocycles. The van der Waals surface area contributed by atoms with Crippen molar-refractivity contribution in [2.45, 2.75) is 64.5 Å². The molecule has 0 unspecified atom stereocenters. The summed E-state index contributed by atoms with van der Waals surface area (Å²) in [5.74, 6) is -1.97. The molecule has 0 heterocycles. The van der Waals surface area contributed by atoms with Crippen LogP contribution in [0.4, 0.5) is 18.9 Å². The van der Waals surface area contributed by atoms with E-state index in [1.54, 1.807) is 12.1 Å². The van der Waals surface area contributed by atoms with Crippen LogP contribution in [0.1, 0.15) is 69.7 Å². The molecule has 1 N–H and O–H groups in total. The molecule has 0 aromatic heterocycles. The third-order valence-corrected chi connectivity index (χ3v) is 6.12. The van der Waals surface area contributed by atoms with Gasteiger partial charge in [0.05, 0.1) is 0 Å². The van der Waals surface area contributed by atoms with Crippen LogP contribution in [0, 0.1) is 0 Å². The zero-order chi connectivity index (χ0) is 22.3. The van der Waals surface area contributed by atoms with Gasteiger partial charge in [-0.3, -0.25) is 4.79 Å². The van der Waals surface area contributed by atoms with Crippen LogP contribution in [-0.2, 0) is 15.6 Å². The SMILES string of the molecule is CC(=Cc1ccc2c(c1)C(C)(C)CCC2(C)C)c1ccc(NC(=O)C(F)(F)F)cc1. The molecule has 0 aliphatic heterocycles. The quantitative estimate of drug-likeness (QED) is 0.532. The molecule has 1 aliphatic carbocycles. The van der Waals surface area contributed by atoms with Crippen molar-refractivity contribution < 1.29 is 18.0 Å². The van der Waals surface area contributed by atoms with Gasteiger partial charge >= 0.3 is 12.1 Å². The first kappa shape index (κ1) is 22.1. The minimum Gasteiger partial charge on any atom is -0.318 e. The van der Waals surface area contributed by atoms with Gasteiger partial charge < -0.3 is 5.32 Å². The van der Waals surface area contributed by atoms with Crippen molar-refractivity contribution in [3.05, 3.63) is 64.7 Å². The van der Waals surface area contributed by atoms with Gasteiger partial charge in [0.25, 0.3) is 0 Å². The number of nitrogens with one attached hydrogen (secondary N) is 1. The maximum absolute atomic E-state index is 12.4. The molecule has 0 fully saturated rings. The number of allylic oxidation sites excluding steroid dienone is 1. The van der Waals surface area contributed by atoms with Gasteiger partial charge in [0.15, 0.2) is 0 Å². The number of rotatable bonds is 3. The lowest BCUT2D eigenvalue weighted by Crippen LogP contribution is -2.33. The first-order valence-electron chi connectivity index (χ1n) is 10.1. The van der Waals surface area contributed by atoms with Gasteiger partial charge in [-0.25, -0.2) is 0 Å². The monoisotopic (exact) mass is 415 g/mol. The van der Waals surface area contributed by atoms with Crippen LogP contribution in [-0.4, -0.2) is 12.1 Å².